The number of rotatable bonds is 3. The highest BCUT2D eigenvalue weighted by atomic mass is 32.1. The van der Waals surface area contributed by atoms with Gasteiger partial charge in [0.05, 0.1) is 5.22 Å². The lowest BCUT2D eigenvalue weighted by atomic mass is 10.2. The van der Waals surface area contributed by atoms with Crippen molar-refractivity contribution < 1.29 is 4.79 Å². The Hall–Kier alpha value is -2.78. The maximum atomic E-state index is 12.1. The van der Waals surface area contributed by atoms with Gasteiger partial charge in [-0.3, -0.25) is 9.79 Å². The van der Waals surface area contributed by atoms with Crippen molar-refractivity contribution in [3.05, 3.63) is 55.6 Å². The molecular formula is C16H14N6OS2. The van der Waals surface area contributed by atoms with Gasteiger partial charge in [-0.15, -0.1) is 21.5 Å². The van der Waals surface area contributed by atoms with Crippen LogP contribution in [0.2, 0.25) is 0 Å². The Labute approximate surface area is 151 Å². The lowest BCUT2D eigenvalue weighted by Crippen LogP contribution is -2.41. The number of hydrogen-bond acceptors (Lipinski definition) is 8. The summed E-state index contributed by atoms with van der Waals surface area (Å²) in [7, 11) is 0. The SMILES string of the molecule is Cc1nnc(C(=O)Nc2ccc(N3CN=c4sccc4=C3N)cc2)s1. The van der Waals surface area contributed by atoms with Crippen LogP contribution in [-0.4, -0.2) is 22.8 Å². The van der Waals surface area contributed by atoms with Crippen molar-refractivity contribution in [2.75, 3.05) is 16.9 Å². The molecule has 0 fully saturated rings. The molecule has 9 heteroatoms. The number of aromatic nitrogens is 2. The van der Waals surface area contributed by atoms with Crippen molar-refractivity contribution in [2.24, 2.45) is 10.7 Å². The van der Waals surface area contributed by atoms with E-state index in [0.29, 0.717) is 23.2 Å². The smallest absolute Gasteiger partial charge is 0.286 e. The van der Waals surface area contributed by atoms with Crippen molar-refractivity contribution in [1.82, 2.24) is 10.2 Å². The molecule has 1 aliphatic heterocycles. The number of hydrogen-bond donors (Lipinski definition) is 2. The highest BCUT2D eigenvalue weighted by molar-refractivity contribution is 7.13. The molecule has 0 aliphatic carbocycles. The van der Waals surface area contributed by atoms with Crippen LogP contribution in [0, 0.1) is 6.92 Å². The van der Waals surface area contributed by atoms with E-state index in [1.807, 2.05) is 47.5 Å². The van der Waals surface area contributed by atoms with E-state index in [1.54, 1.807) is 11.3 Å². The first kappa shape index (κ1) is 15.7. The third-order valence-electron chi connectivity index (χ3n) is 3.72. The van der Waals surface area contributed by atoms with Gasteiger partial charge in [0.2, 0.25) is 5.01 Å². The highest BCUT2D eigenvalue weighted by Crippen LogP contribution is 2.21. The van der Waals surface area contributed by atoms with Gasteiger partial charge in [0.25, 0.3) is 5.91 Å². The third-order valence-corrected chi connectivity index (χ3v) is 5.41. The topological polar surface area (TPSA) is 96.5 Å². The second-order valence-electron chi connectivity index (χ2n) is 5.38. The van der Waals surface area contributed by atoms with Crippen LogP contribution in [0.4, 0.5) is 11.4 Å². The van der Waals surface area contributed by atoms with Crippen LogP contribution in [0.3, 0.4) is 0 Å². The van der Waals surface area contributed by atoms with E-state index in [1.165, 1.54) is 11.3 Å². The monoisotopic (exact) mass is 370 g/mol. The summed E-state index contributed by atoms with van der Waals surface area (Å²) in [6, 6.07) is 9.44. The first-order valence-corrected chi connectivity index (χ1v) is 9.18. The van der Waals surface area contributed by atoms with Gasteiger partial charge in [0.15, 0.2) is 0 Å². The third kappa shape index (κ3) is 2.99. The number of carbonyl (C=O) groups excluding carboxylic acids is 1. The van der Waals surface area contributed by atoms with Crippen LogP contribution in [0.15, 0.2) is 40.7 Å². The van der Waals surface area contributed by atoms with Gasteiger partial charge in [0, 0.05) is 11.4 Å². The van der Waals surface area contributed by atoms with E-state index in [2.05, 4.69) is 20.5 Å². The van der Waals surface area contributed by atoms with Gasteiger partial charge >= 0.3 is 0 Å². The average Bonchev–Trinajstić information content (AvgIpc) is 3.25. The summed E-state index contributed by atoms with van der Waals surface area (Å²) in [5.41, 5.74) is 7.87. The van der Waals surface area contributed by atoms with Gasteiger partial charge in [-0.25, -0.2) is 0 Å². The summed E-state index contributed by atoms with van der Waals surface area (Å²) >= 11 is 2.85. The van der Waals surface area contributed by atoms with E-state index in [4.69, 9.17) is 5.73 Å². The number of benzene rings is 1. The number of anilines is 2. The maximum Gasteiger partial charge on any atom is 0.286 e. The van der Waals surface area contributed by atoms with Crippen molar-refractivity contribution >= 4 is 45.8 Å². The molecule has 0 saturated carbocycles. The zero-order chi connectivity index (χ0) is 17.4. The first-order valence-electron chi connectivity index (χ1n) is 7.48. The molecule has 3 aromatic rings. The first-order chi connectivity index (χ1) is 12.1. The van der Waals surface area contributed by atoms with Gasteiger partial charge in [-0.1, -0.05) is 11.3 Å². The minimum absolute atomic E-state index is 0.264. The molecule has 0 atom stereocenters. The molecule has 126 valence electrons. The van der Waals surface area contributed by atoms with Crippen LogP contribution in [-0.2, 0) is 0 Å². The molecule has 7 nitrogen and oxygen atoms in total. The standard InChI is InChI=1S/C16H14N6OS2/c1-9-20-21-16(25-9)14(23)19-10-2-4-11(5-3-10)22-8-18-15-12(13(22)17)6-7-24-15/h2-7H,8,17H2,1H3,(H,19,23). The molecule has 0 radical (unpaired) electrons. The van der Waals surface area contributed by atoms with Crippen molar-refractivity contribution in [2.45, 2.75) is 6.92 Å². The largest absolute Gasteiger partial charge is 0.384 e. The number of aryl methyl sites for hydroxylation is 1. The Bertz CT molecular complexity index is 1050. The Morgan fingerprint density at radius 1 is 1.24 bits per heavy atom. The predicted molar refractivity (Wildman–Crippen MR) is 99.1 cm³/mol. The molecule has 0 unspecified atom stereocenters. The van der Waals surface area contributed by atoms with Crippen LogP contribution < -0.4 is 25.8 Å². The van der Waals surface area contributed by atoms with Crippen LogP contribution >= 0.6 is 22.7 Å². The molecule has 3 heterocycles. The number of carbonyl (C=O) groups is 1. The Morgan fingerprint density at radius 3 is 2.76 bits per heavy atom. The fourth-order valence-corrected chi connectivity index (χ4v) is 3.85. The molecule has 0 saturated heterocycles. The normalized spacial score (nSPS) is 13.3. The van der Waals surface area contributed by atoms with E-state index in [9.17, 15) is 4.79 Å². The van der Waals surface area contributed by atoms with Gasteiger partial charge < -0.3 is 16.0 Å². The van der Waals surface area contributed by atoms with E-state index < -0.39 is 0 Å². The molecule has 4 rings (SSSR count). The van der Waals surface area contributed by atoms with E-state index in [0.717, 1.165) is 20.6 Å². The van der Waals surface area contributed by atoms with Crippen molar-refractivity contribution in [3.63, 3.8) is 0 Å². The highest BCUT2D eigenvalue weighted by Gasteiger charge is 2.15. The van der Waals surface area contributed by atoms with Gasteiger partial charge in [-0.2, -0.15) is 0 Å². The molecule has 2 aromatic heterocycles. The lowest BCUT2D eigenvalue weighted by molar-refractivity contribution is 0.102. The quantitative estimate of drug-likeness (QED) is 0.724. The zero-order valence-corrected chi connectivity index (χ0v) is 14.9. The Balaban J connectivity index is 1.54. The molecule has 1 aromatic carbocycles. The molecule has 1 amide bonds. The summed E-state index contributed by atoms with van der Waals surface area (Å²) in [5.74, 6) is 0.424. The van der Waals surface area contributed by atoms with Crippen LogP contribution in [0.5, 0.6) is 0 Å². The predicted octanol–water partition coefficient (Wildman–Crippen LogP) is 1.28. The second-order valence-corrected chi connectivity index (χ2v) is 7.46. The number of amides is 1. The van der Waals surface area contributed by atoms with Crippen LogP contribution in [0.25, 0.3) is 5.82 Å². The van der Waals surface area contributed by atoms with Crippen LogP contribution in [0.1, 0.15) is 14.8 Å². The molecule has 0 bridgehead atoms. The summed E-state index contributed by atoms with van der Waals surface area (Å²) in [5, 5.41) is 14.6. The number of nitrogens with zero attached hydrogens (tertiary/aromatic N) is 4. The maximum absolute atomic E-state index is 12.1. The van der Waals surface area contributed by atoms with Gasteiger partial charge in [-0.05, 0) is 42.6 Å². The molecule has 0 spiro atoms. The second kappa shape index (κ2) is 6.26. The summed E-state index contributed by atoms with van der Waals surface area (Å²) in [6.45, 7) is 2.29. The summed E-state index contributed by atoms with van der Waals surface area (Å²) < 4.78 is 0.963. The number of thiophene rings is 1. The van der Waals surface area contributed by atoms with E-state index in [-0.39, 0.29) is 5.91 Å². The number of fused-ring (bicyclic) bond motifs is 1. The zero-order valence-electron chi connectivity index (χ0n) is 13.3. The fourth-order valence-electron chi connectivity index (χ4n) is 2.49. The average molecular weight is 370 g/mol. The van der Waals surface area contributed by atoms with E-state index >= 15 is 0 Å². The molecule has 3 N–H and O–H groups in total. The van der Waals surface area contributed by atoms with Crippen molar-refractivity contribution in [1.29, 1.82) is 0 Å². The molecular weight excluding hydrogens is 356 g/mol. The van der Waals surface area contributed by atoms with Crippen molar-refractivity contribution in [3.8, 4) is 0 Å². The molecule has 1 aliphatic rings. The Kier molecular flexibility index (Phi) is 3.94. The minimum Gasteiger partial charge on any atom is -0.384 e. The Morgan fingerprint density at radius 2 is 2.04 bits per heavy atom. The van der Waals surface area contributed by atoms with Gasteiger partial charge in [0.1, 0.15) is 22.2 Å². The fraction of sp³-hybridized carbons (Fsp3) is 0.125. The number of nitrogens with two attached hydrogens (primary N) is 1. The summed E-state index contributed by atoms with van der Waals surface area (Å²) in [4.78, 5) is 18.6. The molecule has 25 heavy (non-hydrogen) atoms. The minimum atomic E-state index is -0.264. The summed E-state index contributed by atoms with van der Waals surface area (Å²) in [6.07, 6.45) is 0. The number of nitrogens with one attached hydrogen (secondary N) is 1. The lowest BCUT2D eigenvalue weighted by Gasteiger charge is -2.24.